The van der Waals surface area contributed by atoms with Crippen molar-refractivity contribution in [1.29, 1.82) is 0 Å². The Labute approximate surface area is 98.7 Å². The Bertz CT molecular complexity index is 497. The Balaban J connectivity index is 2.83. The number of hydrogen-bond donors (Lipinski definition) is 0. The Morgan fingerprint density at radius 1 is 1.13 bits per heavy atom. The van der Waals surface area contributed by atoms with Crippen molar-refractivity contribution in [3.8, 4) is 0 Å². The molecule has 1 nitrogen and oxygen atoms in total. The van der Waals surface area contributed by atoms with Gasteiger partial charge in [0, 0.05) is 5.39 Å². The molecule has 0 amide bonds. The summed E-state index contributed by atoms with van der Waals surface area (Å²) in [4.78, 5) is 4.47. The quantitative estimate of drug-likeness (QED) is 0.646. The molecule has 2 rings (SSSR count). The van der Waals surface area contributed by atoms with E-state index in [-0.39, 0.29) is 5.41 Å². The average Bonchev–Trinajstić information content (AvgIpc) is 2.15. The fourth-order valence-corrected chi connectivity index (χ4v) is 2.18. The van der Waals surface area contributed by atoms with Crippen LogP contribution in [0.4, 0.5) is 0 Å². The fourth-order valence-electron chi connectivity index (χ4n) is 1.76. The molecule has 0 saturated carbocycles. The zero-order valence-corrected chi connectivity index (χ0v) is 10.8. The normalized spacial score (nSPS) is 12.0. The van der Waals surface area contributed by atoms with Crippen LogP contribution in [0.1, 0.15) is 26.3 Å². The number of fused-ring (bicyclic) bond motifs is 1. The van der Waals surface area contributed by atoms with Gasteiger partial charge in [-0.3, -0.25) is 0 Å². The van der Waals surface area contributed by atoms with Gasteiger partial charge in [-0.05, 0) is 39.0 Å². The predicted molar refractivity (Wildman–Crippen MR) is 68.1 cm³/mol. The van der Waals surface area contributed by atoms with Crippen molar-refractivity contribution in [1.82, 2.24) is 4.98 Å². The minimum Gasteiger partial charge on any atom is -0.241 e. The van der Waals surface area contributed by atoms with Crippen molar-refractivity contribution in [2.75, 3.05) is 0 Å². The Morgan fingerprint density at radius 2 is 1.80 bits per heavy atom. The summed E-state index contributed by atoms with van der Waals surface area (Å²) in [6.45, 7) is 6.67. The zero-order valence-electron chi connectivity index (χ0n) is 9.21. The van der Waals surface area contributed by atoms with Crippen molar-refractivity contribution in [3.05, 3.63) is 40.5 Å². The molecule has 0 aliphatic carbocycles. The second kappa shape index (κ2) is 3.60. The van der Waals surface area contributed by atoms with Crippen molar-refractivity contribution in [2.24, 2.45) is 0 Å². The standard InChI is InChI=1S/C13H14BrN/c1-13(2,3)10-8-12(14)15-11-7-5-4-6-9(10)11/h4-8H,1-3H3. The summed E-state index contributed by atoms with van der Waals surface area (Å²) >= 11 is 3.46. The van der Waals surface area contributed by atoms with Crippen LogP contribution in [0.3, 0.4) is 0 Å². The van der Waals surface area contributed by atoms with Gasteiger partial charge in [0.15, 0.2) is 0 Å². The van der Waals surface area contributed by atoms with Crippen molar-refractivity contribution < 1.29 is 0 Å². The number of pyridine rings is 1. The molecule has 0 atom stereocenters. The maximum Gasteiger partial charge on any atom is 0.107 e. The van der Waals surface area contributed by atoms with Gasteiger partial charge in [-0.2, -0.15) is 0 Å². The zero-order chi connectivity index (χ0) is 11.1. The average molecular weight is 264 g/mol. The summed E-state index contributed by atoms with van der Waals surface area (Å²) in [6.07, 6.45) is 0. The van der Waals surface area contributed by atoms with E-state index >= 15 is 0 Å². The lowest BCUT2D eigenvalue weighted by atomic mass is 9.85. The molecule has 0 unspecified atom stereocenters. The minimum atomic E-state index is 0.144. The third kappa shape index (κ3) is 2.05. The first kappa shape index (κ1) is 10.6. The van der Waals surface area contributed by atoms with Crippen molar-refractivity contribution in [2.45, 2.75) is 26.2 Å². The molecule has 0 radical (unpaired) electrons. The topological polar surface area (TPSA) is 12.9 Å². The van der Waals surface area contributed by atoms with Gasteiger partial charge in [-0.1, -0.05) is 39.0 Å². The van der Waals surface area contributed by atoms with Crippen LogP contribution in [0.15, 0.2) is 34.9 Å². The summed E-state index contributed by atoms with van der Waals surface area (Å²) in [5.41, 5.74) is 2.53. The highest BCUT2D eigenvalue weighted by Crippen LogP contribution is 2.30. The van der Waals surface area contributed by atoms with Gasteiger partial charge >= 0.3 is 0 Å². The summed E-state index contributed by atoms with van der Waals surface area (Å²) in [6, 6.07) is 10.4. The molecule has 2 heteroatoms. The molecule has 2 aromatic rings. The van der Waals surface area contributed by atoms with E-state index in [0.29, 0.717) is 0 Å². The van der Waals surface area contributed by atoms with Crippen LogP contribution in [0, 0.1) is 0 Å². The number of nitrogens with zero attached hydrogens (tertiary/aromatic N) is 1. The number of hydrogen-bond acceptors (Lipinski definition) is 1. The second-order valence-corrected chi connectivity index (χ2v) is 5.57. The first-order valence-corrected chi connectivity index (χ1v) is 5.83. The van der Waals surface area contributed by atoms with E-state index in [4.69, 9.17) is 0 Å². The molecule has 0 bridgehead atoms. The molecule has 1 aromatic heterocycles. The number of aromatic nitrogens is 1. The van der Waals surface area contributed by atoms with Crippen LogP contribution in [-0.4, -0.2) is 4.98 Å². The van der Waals surface area contributed by atoms with Gasteiger partial charge in [0.1, 0.15) is 4.60 Å². The Hall–Kier alpha value is -0.890. The van der Waals surface area contributed by atoms with Gasteiger partial charge in [0.2, 0.25) is 0 Å². The second-order valence-electron chi connectivity index (χ2n) is 4.76. The van der Waals surface area contributed by atoms with E-state index in [9.17, 15) is 0 Å². The summed E-state index contributed by atoms with van der Waals surface area (Å²) in [5.74, 6) is 0. The van der Waals surface area contributed by atoms with E-state index < -0.39 is 0 Å². The molecule has 0 N–H and O–H groups in total. The first-order chi connectivity index (χ1) is 6.98. The van der Waals surface area contributed by atoms with Gasteiger partial charge in [0.05, 0.1) is 5.52 Å². The molecule has 0 fully saturated rings. The van der Waals surface area contributed by atoms with E-state index in [1.54, 1.807) is 0 Å². The SMILES string of the molecule is CC(C)(C)c1cc(Br)nc2ccccc12. The maximum atomic E-state index is 4.47. The number of para-hydroxylation sites is 1. The van der Waals surface area contributed by atoms with Gasteiger partial charge in [-0.25, -0.2) is 4.98 Å². The van der Waals surface area contributed by atoms with E-state index in [2.05, 4.69) is 66.0 Å². The van der Waals surface area contributed by atoms with E-state index in [1.807, 2.05) is 6.07 Å². The molecule has 0 saturated heterocycles. The van der Waals surface area contributed by atoms with Crippen LogP contribution >= 0.6 is 15.9 Å². The maximum absolute atomic E-state index is 4.47. The third-order valence-electron chi connectivity index (χ3n) is 2.49. The van der Waals surface area contributed by atoms with Crippen molar-refractivity contribution in [3.63, 3.8) is 0 Å². The Morgan fingerprint density at radius 3 is 2.47 bits per heavy atom. The predicted octanol–water partition coefficient (Wildman–Crippen LogP) is 4.29. The number of benzene rings is 1. The summed E-state index contributed by atoms with van der Waals surface area (Å²) in [7, 11) is 0. The monoisotopic (exact) mass is 263 g/mol. The smallest absolute Gasteiger partial charge is 0.107 e. The molecule has 1 aromatic carbocycles. The van der Waals surface area contributed by atoms with Crippen LogP contribution in [0.25, 0.3) is 10.9 Å². The third-order valence-corrected chi connectivity index (χ3v) is 2.90. The van der Waals surface area contributed by atoms with Gasteiger partial charge in [-0.15, -0.1) is 0 Å². The summed E-state index contributed by atoms with van der Waals surface area (Å²) in [5, 5.41) is 1.24. The lowest BCUT2D eigenvalue weighted by Gasteiger charge is -2.21. The molecule has 0 aliphatic heterocycles. The highest BCUT2D eigenvalue weighted by Gasteiger charge is 2.17. The molecule has 0 spiro atoms. The lowest BCUT2D eigenvalue weighted by Crippen LogP contribution is -2.12. The minimum absolute atomic E-state index is 0.144. The van der Waals surface area contributed by atoms with Crippen LogP contribution in [0.2, 0.25) is 0 Å². The van der Waals surface area contributed by atoms with Crippen LogP contribution in [0.5, 0.6) is 0 Å². The molecular formula is C13H14BrN. The first-order valence-electron chi connectivity index (χ1n) is 5.04. The lowest BCUT2D eigenvalue weighted by molar-refractivity contribution is 0.595. The molecular weight excluding hydrogens is 250 g/mol. The summed E-state index contributed by atoms with van der Waals surface area (Å²) < 4.78 is 0.908. The largest absolute Gasteiger partial charge is 0.241 e. The Kier molecular flexibility index (Phi) is 2.55. The van der Waals surface area contributed by atoms with Crippen LogP contribution < -0.4 is 0 Å². The van der Waals surface area contributed by atoms with Gasteiger partial charge < -0.3 is 0 Å². The number of halogens is 1. The van der Waals surface area contributed by atoms with E-state index in [1.165, 1.54) is 10.9 Å². The van der Waals surface area contributed by atoms with Crippen molar-refractivity contribution >= 4 is 26.8 Å². The van der Waals surface area contributed by atoms with E-state index in [0.717, 1.165) is 10.1 Å². The highest BCUT2D eigenvalue weighted by atomic mass is 79.9. The molecule has 78 valence electrons. The van der Waals surface area contributed by atoms with Gasteiger partial charge in [0.25, 0.3) is 0 Å². The molecule has 1 heterocycles. The van der Waals surface area contributed by atoms with Crippen LogP contribution in [-0.2, 0) is 5.41 Å². The molecule has 15 heavy (non-hydrogen) atoms. The highest BCUT2D eigenvalue weighted by molar-refractivity contribution is 9.10. The molecule has 0 aliphatic rings. The number of rotatable bonds is 0. The fraction of sp³-hybridized carbons (Fsp3) is 0.308.